The minimum Gasteiger partial charge on any atom is -0.907 e. The fourth-order valence-corrected chi connectivity index (χ4v) is 1.48. The molecule has 0 saturated heterocycles. The molecule has 0 radical (unpaired) electrons. The van der Waals surface area contributed by atoms with Gasteiger partial charge in [0, 0.05) is 0 Å². The number of carboxylic acid groups (broad SMARTS) is 2. The summed E-state index contributed by atoms with van der Waals surface area (Å²) in [6.45, 7) is 2.13. The fourth-order valence-electron chi connectivity index (χ4n) is 1.48. The fraction of sp³-hybridized carbons (Fsp3) is 0.818. The van der Waals surface area contributed by atoms with Crippen LogP contribution in [0.25, 0.3) is 0 Å². The summed E-state index contributed by atoms with van der Waals surface area (Å²) in [6.07, 6.45) is 6.45. The van der Waals surface area contributed by atoms with E-state index in [-0.39, 0.29) is 63.0 Å². The molecule has 0 aromatic rings. The van der Waals surface area contributed by atoms with E-state index in [2.05, 4.69) is 6.92 Å². The molecule has 11 heteroatoms. The molecule has 0 aliphatic carbocycles. The van der Waals surface area contributed by atoms with Gasteiger partial charge in [-0.25, -0.2) is 0 Å². The van der Waals surface area contributed by atoms with Crippen molar-refractivity contribution in [2.24, 2.45) is 5.92 Å². The first-order valence-corrected chi connectivity index (χ1v) is 6.26. The largest absolute Gasteiger partial charge is 1.00 e. The number of carboxylic acids is 2. The standard InChI is InChI=1S/C11H20O4.BO3.3Li/c1-2-3-4-5-6-7-8-9(10(12)13)11(14)15;2-1(3)4;;;/h9H,2-8H2,1H3,(H,12,13)(H,14,15);;;;/q;-3;3*+1. The molecule has 0 aromatic carbocycles. The molecular formula is C11H20BLi3O7. The van der Waals surface area contributed by atoms with E-state index in [1.54, 1.807) is 0 Å². The van der Waals surface area contributed by atoms with Crippen molar-refractivity contribution in [3.63, 3.8) is 0 Å². The van der Waals surface area contributed by atoms with Crippen molar-refractivity contribution in [3.05, 3.63) is 0 Å². The predicted octanol–water partition coefficient (Wildman–Crippen LogP) is -10.4. The molecule has 0 atom stereocenters. The first-order chi connectivity index (χ1) is 8.82. The Kier molecular flexibility index (Phi) is 37.1. The second-order valence-corrected chi connectivity index (χ2v) is 4.07. The zero-order valence-electron chi connectivity index (χ0n) is 14.0. The zero-order chi connectivity index (χ0) is 15.3. The van der Waals surface area contributed by atoms with Crippen molar-refractivity contribution < 1.29 is 91.5 Å². The molecule has 0 amide bonds. The molecule has 0 saturated carbocycles. The topological polar surface area (TPSA) is 144 Å². The number of rotatable bonds is 9. The van der Waals surface area contributed by atoms with Crippen LogP contribution in [-0.4, -0.2) is 29.5 Å². The maximum absolute atomic E-state index is 10.5. The third-order valence-electron chi connectivity index (χ3n) is 2.44. The summed E-state index contributed by atoms with van der Waals surface area (Å²) < 4.78 is 0. The second kappa shape index (κ2) is 23.9. The van der Waals surface area contributed by atoms with Gasteiger partial charge in [-0.3, -0.25) is 16.9 Å². The Bertz CT molecular complexity index is 241. The summed E-state index contributed by atoms with van der Waals surface area (Å²) in [4.78, 5) is 21.1. The van der Waals surface area contributed by atoms with Crippen LogP contribution in [0.15, 0.2) is 0 Å². The summed E-state index contributed by atoms with van der Waals surface area (Å²) in [7, 11) is -2.92. The minimum atomic E-state index is -2.92. The van der Waals surface area contributed by atoms with E-state index in [0.29, 0.717) is 6.42 Å². The molecule has 2 N–H and O–H groups in total. The third kappa shape index (κ3) is 28.8. The Morgan fingerprint density at radius 3 is 1.50 bits per heavy atom. The van der Waals surface area contributed by atoms with Gasteiger partial charge >= 0.3 is 68.5 Å². The van der Waals surface area contributed by atoms with Gasteiger partial charge in [0.2, 0.25) is 0 Å². The SMILES string of the molecule is CCCCCCCCC(C(=O)O)C(=O)O.[Li+].[Li+].[Li+].[O-]B([O-])[O-]. The smallest absolute Gasteiger partial charge is 0.907 e. The average Bonchev–Trinajstić information content (AvgIpc) is 2.26. The summed E-state index contributed by atoms with van der Waals surface area (Å²) in [5, 5.41) is 42.5. The van der Waals surface area contributed by atoms with E-state index in [0.717, 1.165) is 19.3 Å². The molecule has 0 unspecified atom stereocenters. The van der Waals surface area contributed by atoms with Crippen LogP contribution in [0.1, 0.15) is 51.9 Å². The summed E-state index contributed by atoms with van der Waals surface area (Å²) in [5.74, 6) is -3.68. The first kappa shape index (κ1) is 34.1. The quantitative estimate of drug-likeness (QED) is 0.244. The van der Waals surface area contributed by atoms with Gasteiger partial charge in [-0.05, 0) is 6.42 Å². The Morgan fingerprint density at radius 1 is 0.864 bits per heavy atom. The molecule has 0 rings (SSSR count). The molecule has 7 nitrogen and oxygen atoms in total. The number of aliphatic carboxylic acids is 2. The molecule has 0 aromatic heterocycles. The Morgan fingerprint density at radius 2 is 1.18 bits per heavy atom. The van der Waals surface area contributed by atoms with E-state index >= 15 is 0 Å². The van der Waals surface area contributed by atoms with Gasteiger partial charge in [-0.15, -0.1) is 0 Å². The molecule has 0 spiro atoms. The molecule has 0 fully saturated rings. The summed E-state index contributed by atoms with van der Waals surface area (Å²) in [6, 6.07) is 0. The number of hydrogen-bond acceptors (Lipinski definition) is 5. The number of carbonyl (C=O) groups is 2. The normalized spacial score (nSPS) is 8.41. The average molecular weight is 296 g/mol. The predicted molar refractivity (Wildman–Crippen MR) is 62.5 cm³/mol. The van der Waals surface area contributed by atoms with Crippen LogP contribution in [0.2, 0.25) is 0 Å². The van der Waals surface area contributed by atoms with Gasteiger partial charge in [0.15, 0.2) is 5.92 Å². The molecular weight excluding hydrogens is 276 g/mol. The monoisotopic (exact) mass is 296 g/mol. The second-order valence-electron chi connectivity index (χ2n) is 4.07. The van der Waals surface area contributed by atoms with Crippen molar-refractivity contribution in [3.8, 4) is 0 Å². The molecule has 0 aliphatic heterocycles. The van der Waals surface area contributed by atoms with E-state index in [4.69, 9.17) is 25.3 Å². The molecule has 0 aliphatic rings. The Labute approximate surface area is 168 Å². The van der Waals surface area contributed by atoms with Gasteiger partial charge in [0.1, 0.15) is 0 Å². The number of hydrogen-bond donors (Lipinski definition) is 2. The molecule has 22 heavy (non-hydrogen) atoms. The maximum atomic E-state index is 10.5. The zero-order valence-corrected chi connectivity index (χ0v) is 14.0. The minimum absolute atomic E-state index is 0. The Balaban J connectivity index is -0.000000123. The van der Waals surface area contributed by atoms with Crippen molar-refractivity contribution in [2.75, 3.05) is 0 Å². The number of unbranched alkanes of at least 4 members (excludes halogenated alkanes) is 5. The van der Waals surface area contributed by atoms with Crippen molar-refractivity contribution in [2.45, 2.75) is 51.9 Å². The van der Waals surface area contributed by atoms with Crippen LogP contribution in [0.5, 0.6) is 0 Å². The molecule has 112 valence electrons. The van der Waals surface area contributed by atoms with Crippen molar-refractivity contribution in [1.29, 1.82) is 0 Å². The van der Waals surface area contributed by atoms with E-state index < -0.39 is 25.2 Å². The van der Waals surface area contributed by atoms with Gasteiger partial charge in [-0.1, -0.05) is 45.4 Å². The third-order valence-corrected chi connectivity index (χ3v) is 2.44. The van der Waals surface area contributed by atoms with E-state index in [1.807, 2.05) is 0 Å². The summed E-state index contributed by atoms with van der Waals surface area (Å²) >= 11 is 0. The summed E-state index contributed by atoms with van der Waals surface area (Å²) in [5.41, 5.74) is 0. The molecule has 0 bridgehead atoms. The van der Waals surface area contributed by atoms with Crippen molar-refractivity contribution >= 4 is 19.3 Å². The van der Waals surface area contributed by atoms with Crippen molar-refractivity contribution in [1.82, 2.24) is 0 Å². The molecule has 0 heterocycles. The maximum Gasteiger partial charge on any atom is 1.00 e. The van der Waals surface area contributed by atoms with Gasteiger partial charge in [0.25, 0.3) is 0 Å². The van der Waals surface area contributed by atoms with Gasteiger partial charge in [-0.2, -0.15) is 0 Å². The van der Waals surface area contributed by atoms with Crippen LogP contribution >= 0.6 is 0 Å². The Hall–Kier alpha value is 0.677. The van der Waals surface area contributed by atoms with Crippen LogP contribution in [0.3, 0.4) is 0 Å². The van der Waals surface area contributed by atoms with E-state index in [1.165, 1.54) is 12.8 Å². The first-order valence-electron chi connectivity index (χ1n) is 6.26. The van der Waals surface area contributed by atoms with Gasteiger partial charge < -0.3 is 25.3 Å². The van der Waals surface area contributed by atoms with Crippen LogP contribution < -0.4 is 71.7 Å². The van der Waals surface area contributed by atoms with Gasteiger partial charge in [0.05, 0.1) is 0 Å². The van der Waals surface area contributed by atoms with Crippen LogP contribution in [0.4, 0.5) is 0 Å². The van der Waals surface area contributed by atoms with E-state index in [9.17, 15) is 9.59 Å². The van der Waals surface area contributed by atoms with Crippen LogP contribution in [-0.2, 0) is 9.59 Å². The van der Waals surface area contributed by atoms with Crippen LogP contribution in [0, 0.1) is 5.92 Å².